The number of methoxy groups -OCH3 is 1. The van der Waals surface area contributed by atoms with Crippen molar-refractivity contribution in [2.75, 3.05) is 33.1 Å². The van der Waals surface area contributed by atoms with Gasteiger partial charge in [0.2, 0.25) is 0 Å². The van der Waals surface area contributed by atoms with Crippen LogP contribution in [0.4, 0.5) is 5.69 Å². The predicted molar refractivity (Wildman–Crippen MR) is 74.3 cm³/mol. The fraction of sp³-hybridized carbons (Fsp3) is 0.571. The molecule has 1 fully saturated rings. The summed E-state index contributed by atoms with van der Waals surface area (Å²) >= 11 is 0. The highest BCUT2D eigenvalue weighted by atomic mass is 16.5. The van der Waals surface area contributed by atoms with Gasteiger partial charge in [0.25, 0.3) is 0 Å². The molecule has 0 unspecified atom stereocenters. The molecule has 0 atom stereocenters. The summed E-state index contributed by atoms with van der Waals surface area (Å²) in [5.41, 5.74) is 1.48. The van der Waals surface area contributed by atoms with Gasteiger partial charge < -0.3 is 15.0 Å². The molecule has 1 N–H and O–H groups in total. The van der Waals surface area contributed by atoms with Crippen LogP contribution in [0.2, 0.25) is 0 Å². The Labute approximate surface area is 114 Å². The first-order chi connectivity index (χ1) is 9.07. The summed E-state index contributed by atoms with van der Waals surface area (Å²) < 4.78 is 4.67. The summed E-state index contributed by atoms with van der Waals surface area (Å²) in [6.07, 6.45) is 5.32. The second-order valence-corrected chi connectivity index (χ2v) is 5.25. The van der Waals surface area contributed by atoms with Crippen LogP contribution >= 0.6 is 0 Å². The molecule has 0 aliphatic heterocycles. The van der Waals surface area contributed by atoms with Crippen molar-refractivity contribution in [2.24, 2.45) is 0 Å². The van der Waals surface area contributed by atoms with Crippen molar-refractivity contribution < 1.29 is 9.53 Å². The van der Waals surface area contributed by atoms with E-state index in [1.165, 1.54) is 26.4 Å². The van der Waals surface area contributed by atoms with Crippen molar-refractivity contribution in [1.29, 1.82) is 0 Å². The number of anilines is 1. The molecule has 5 nitrogen and oxygen atoms in total. The van der Waals surface area contributed by atoms with E-state index in [4.69, 9.17) is 0 Å². The molecule has 1 heterocycles. The first-order valence-corrected chi connectivity index (χ1v) is 6.53. The van der Waals surface area contributed by atoms with Gasteiger partial charge in [0, 0.05) is 24.0 Å². The number of ether oxygens (including phenoxy) is 1. The molecule has 1 aliphatic rings. The van der Waals surface area contributed by atoms with Crippen molar-refractivity contribution in [1.82, 2.24) is 9.88 Å². The van der Waals surface area contributed by atoms with Gasteiger partial charge in [-0.2, -0.15) is 0 Å². The average Bonchev–Trinajstić information content (AvgIpc) is 2.36. The lowest BCUT2D eigenvalue weighted by Gasteiger charge is -2.47. The third-order valence-corrected chi connectivity index (χ3v) is 4.01. The van der Waals surface area contributed by atoms with Crippen molar-refractivity contribution >= 4 is 11.7 Å². The number of pyridine rings is 1. The van der Waals surface area contributed by atoms with E-state index < -0.39 is 5.97 Å². The lowest BCUT2D eigenvalue weighted by molar-refractivity contribution is 0.0594. The standard InChI is InChI=1S/C14H21N3O2/c1-17(2)14(6-4-7-14)10-16-11-5-8-15-12(9-11)13(18)19-3/h5,8-9H,4,6-7,10H2,1-3H3,(H,15,16). The van der Waals surface area contributed by atoms with Gasteiger partial charge in [-0.1, -0.05) is 0 Å². The molecular formula is C14H21N3O2. The Hall–Kier alpha value is -1.62. The lowest BCUT2D eigenvalue weighted by Crippen LogP contribution is -2.54. The van der Waals surface area contributed by atoms with E-state index in [1.807, 2.05) is 6.07 Å². The summed E-state index contributed by atoms with van der Waals surface area (Å²) in [5.74, 6) is -0.408. The zero-order valence-electron chi connectivity index (χ0n) is 11.8. The van der Waals surface area contributed by atoms with Gasteiger partial charge in [-0.25, -0.2) is 9.78 Å². The summed E-state index contributed by atoms with van der Waals surface area (Å²) in [7, 11) is 5.60. The van der Waals surface area contributed by atoms with E-state index in [0.717, 1.165) is 12.2 Å². The SMILES string of the molecule is COC(=O)c1cc(NCC2(N(C)C)CCC2)ccn1. The number of hydrogen-bond donors (Lipinski definition) is 1. The Morgan fingerprint density at radius 1 is 1.53 bits per heavy atom. The number of esters is 1. The highest BCUT2D eigenvalue weighted by Crippen LogP contribution is 2.36. The highest BCUT2D eigenvalue weighted by Gasteiger charge is 2.38. The number of carbonyl (C=O) groups excluding carboxylic acids is 1. The second-order valence-electron chi connectivity index (χ2n) is 5.25. The summed E-state index contributed by atoms with van der Waals surface area (Å²) in [6.45, 7) is 0.880. The molecular weight excluding hydrogens is 242 g/mol. The second kappa shape index (κ2) is 5.57. The minimum atomic E-state index is -0.408. The fourth-order valence-electron chi connectivity index (χ4n) is 2.39. The molecule has 1 aromatic heterocycles. The Kier molecular flexibility index (Phi) is 4.04. The number of nitrogens with zero attached hydrogens (tertiary/aromatic N) is 2. The van der Waals surface area contributed by atoms with Crippen molar-refractivity contribution in [3.05, 3.63) is 24.0 Å². The molecule has 0 amide bonds. The summed E-state index contributed by atoms with van der Waals surface area (Å²) in [6, 6.07) is 3.60. The van der Waals surface area contributed by atoms with E-state index in [1.54, 1.807) is 12.3 Å². The molecule has 2 rings (SSSR count). The number of carbonyl (C=O) groups is 1. The van der Waals surface area contributed by atoms with Crippen LogP contribution in [-0.4, -0.2) is 49.1 Å². The van der Waals surface area contributed by atoms with Gasteiger partial charge in [0.05, 0.1) is 7.11 Å². The maximum atomic E-state index is 11.4. The minimum absolute atomic E-state index is 0.245. The van der Waals surface area contributed by atoms with E-state index in [0.29, 0.717) is 5.69 Å². The Morgan fingerprint density at radius 2 is 2.26 bits per heavy atom. The first kappa shape index (κ1) is 13.8. The molecule has 0 spiro atoms. The number of likely N-dealkylation sites (N-methyl/N-ethyl adjacent to an activating group) is 1. The molecule has 0 aromatic carbocycles. The number of hydrogen-bond acceptors (Lipinski definition) is 5. The largest absolute Gasteiger partial charge is 0.464 e. The van der Waals surface area contributed by atoms with Gasteiger partial charge in [0.1, 0.15) is 5.69 Å². The van der Waals surface area contributed by atoms with Gasteiger partial charge >= 0.3 is 5.97 Å². The third kappa shape index (κ3) is 2.87. The van der Waals surface area contributed by atoms with Crippen LogP contribution in [0.3, 0.4) is 0 Å². The third-order valence-electron chi connectivity index (χ3n) is 4.01. The molecule has 1 aliphatic carbocycles. The Balaban J connectivity index is 2.01. The zero-order chi connectivity index (χ0) is 13.9. The van der Waals surface area contributed by atoms with E-state index >= 15 is 0 Å². The zero-order valence-corrected chi connectivity index (χ0v) is 11.8. The smallest absolute Gasteiger partial charge is 0.356 e. The normalized spacial score (nSPS) is 16.8. The monoisotopic (exact) mass is 263 g/mol. The van der Waals surface area contributed by atoms with Crippen LogP contribution in [0, 0.1) is 0 Å². The quantitative estimate of drug-likeness (QED) is 0.820. The van der Waals surface area contributed by atoms with Crippen LogP contribution in [0.5, 0.6) is 0 Å². The van der Waals surface area contributed by atoms with Crippen molar-refractivity contribution in [3.63, 3.8) is 0 Å². The van der Waals surface area contributed by atoms with Crippen LogP contribution in [-0.2, 0) is 4.74 Å². The van der Waals surface area contributed by atoms with Crippen LogP contribution in [0.25, 0.3) is 0 Å². The van der Waals surface area contributed by atoms with Gasteiger partial charge in [-0.15, -0.1) is 0 Å². The van der Waals surface area contributed by atoms with E-state index in [2.05, 4.69) is 34.0 Å². The average molecular weight is 263 g/mol. The minimum Gasteiger partial charge on any atom is -0.464 e. The molecule has 104 valence electrons. The lowest BCUT2D eigenvalue weighted by atomic mass is 9.75. The van der Waals surface area contributed by atoms with Gasteiger partial charge in [-0.05, 0) is 45.5 Å². The molecule has 1 aromatic rings. The molecule has 0 radical (unpaired) electrons. The number of nitrogens with one attached hydrogen (secondary N) is 1. The number of aromatic nitrogens is 1. The van der Waals surface area contributed by atoms with Gasteiger partial charge in [-0.3, -0.25) is 0 Å². The van der Waals surface area contributed by atoms with E-state index in [9.17, 15) is 4.79 Å². The predicted octanol–water partition coefficient (Wildman–Crippen LogP) is 1.76. The van der Waals surface area contributed by atoms with Crippen molar-refractivity contribution in [2.45, 2.75) is 24.8 Å². The topological polar surface area (TPSA) is 54.5 Å². The van der Waals surface area contributed by atoms with Crippen LogP contribution < -0.4 is 5.32 Å². The molecule has 0 bridgehead atoms. The van der Waals surface area contributed by atoms with E-state index in [-0.39, 0.29) is 5.54 Å². The Bertz CT molecular complexity index is 456. The molecule has 1 saturated carbocycles. The molecule has 0 saturated heterocycles. The van der Waals surface area contributed by atoms with Crippen LogP contribution in [0.1, 0.15) is 29.8 Å². The Morgan fingerprint density at radius 3 is 2.79 bits per heavy atom. The summed E-state index contributed by atoms with van der Waals surface area (Å²) in [5, 5.41) is 3.40. The number of rotatable bonds is 5. The van der Waals surface area contributed by atoms with Crippen LogP contribution in [0.15, 0.2) is 18.3 Å². The van der Waals surface area contributed by atoms with Crippen molar-refractivity contribution in [3.8, 4) is 0 Å². The molecule has 5 heteroatoms. The van der Waals surface area contributed by atoms with Gasteiger partial charge in [0.15, 0.2) is 0 Å². The maximum Gasteiger partial charge on any atom is 0.356 e. The maximum absolute atomic E-state index is 11.4. The molecule has 19 heavy (non-hydrogen) atoms. The summed E-state index contributed by atoms with van der Waals surface area (Å²) in [4.78, 5) is 17.7. The fourth-order valence-corrected chi connectivity index (χ4v) is 2.39. The first-order valence-electron chi connectivity index (χ1n) is 6.53. The highest BCUT2D eigenvalue weighted by molar-refractivity contribution is 5.88.